The highest BCUT2D eigenvalue weighted by Gasteiger charge is 2.17. The number of hydrogen-bond acceptors (Lipinski definition) is 6. The van der Waals surface area contributed by atoms with Crippen LogP contribution in [-0.4, -0.2) is 38.2 Å². The molecule has 1 aromatic rings. The molecule has 0 heterocycles. The van der Waals surface area contributed by atoms with E-state index in [-0.39, 0.29) is 16.3 Å². The lowest BCUT2D eigenvalue weighted by molar-refractivity contribution is -0.149. The number of ketones is 1. The molecule has 0 bridgehead atoms. The SMILES string of the molecule is COC(=O)C(=O)/C=C(\O)c1cc(Cl)c(OC)cc1OC. The molecule has 1 N–H and O–H groups in total. The summed E-state index contributed by atoms with van der Waals surface area (Å²) in [5, 5.41) is 10.1. The number of methoxy groups -OCH3 is 3. The molecule has 108 valence electrons. The first-order valence-electron chi connectivity index (χ1n) is 5.39. The molecule has 1 aromatic carbocycles. The van der Waals surface area contributed by atoms with Crippen LogP contribution in [0.25, 0.3) is 5.76 Å². The van der Waals surface area contributed by atoms with Crippen molar-refractivity contribution in [3.05, 3.63) is 28.8 Å². The number of carbonyl (C=O) groups is 2. The second-order valence-corrected chi connectivity index (χ2v) is 3.98. The quantitative estimate of drug-likeness (QED) is 0.388. The molecule has 0 atom stereocenters. The number of carbonyl (C=O) groups excluding carboxylic acids is 2. The lowest BCUT2D eigenvalue weighted by Gasteiger charge is -2.11. The number of benzene rings is 1. The van der Waals surface area contributed by atoms with Crippen molar-refractivity contribution in [2.75, 3.05) is 21.3 Å². The van der Waals surface area contributed by atoms with Crippen LogP contribution in [0.15, 0.2) is 18.2 Å². The molecule has 0 aromatic heterocycles. The van der Waals surface area contributed by atoms with Gasteiger partial charge in [0.15, 0.2) is 0 Å². The highest BCUT2D eigenvalue weighted by molar-refractivity contribution is 6.39. The van der Waals surface area contributed by atoms with Crippen LogP contribution >= 0.6 is 11.6 Å². The fourth-order valence-electron chi connectivity index (χ4n) is 1.42. The number of aliphatic hydroxyl groups is 1. The average Bonchev–Trinajstić information content (AvgIpc) is 2.45. The Bertz CT molecular complexity index is 564. The van der Waals surface area contributed by atoms with E-state index in [9.17, 15) is 14.7 Å². The fourth-order valence-corrected chi connectivity index (χ4v) is 1.66. The molecule has 0 aliphatic rings. The number of rotatable bonds is 5. The molecule has 0 aliphatic heterocycles. The zero-order valence-corrected chi connectivity index (χ0v) is 11.9. The maximum absolute atomic E-state index is 11.4. The van der Waals surface area contributed by atoms with Crippen molar-refractivity contribution in [3.63, 3.8) is 0 Å². The first-order valence-corrected chi connectivity index (χ1v) is 5.77. The smallest absolute Gasteiger partial charge is 0.378 e. The van der Waals surface area contributed by atoms with Gasteiger partial charge in [-0.2, -0.15) is 0 Å². The average molecular weight is 301 g/mol. The first kappa shape index (κ1) is 15.8. The summed E-state index contributed by atoms with van der Waals surface area (Å²) >= 11 is 5.93. The summed E-state index contributed by atoms with van der Waals surface area (Å²) in [6.45, 7) is 0. The second kappa shape index (κ2) is 6.81. The van der Waals surface area contributed by atoms with Gasteiger partial charge in [-0.25, -0.2) is 4.79 Å². The molecule has 0 amide bonds. The molecule has 0 saturated heterocycles. The molecule has 20 heavy (non-hydrogen) atoms. The van der Waals surface area contributed by atoms with E-state index in [0.29, 0.717) is 5.75 Å². The van der Waals surface area contributed by atoms with Crippen molar-refractivity contribution in [1.82, 2.24) is 0 Å². The van der Waals surface area contributed by atoms with Gasteiger partial charge in [0.05, 0.1) is 31.9 Å². The van der Waals surface area contributed by atoms with Crippen LogP contribution in [0.4, 0.5) is 0 Å². The molecule has 1 rings (SSSR count). The number of esters is 1. The predicted octanol–water partition coefficient (Wildman–Crippen LogP) is 2.00. The van der Waals surface area contributed by atoms with E-state index in [1.165, 1.54) is 26.4 Å². The van der Waals surface area contributed by atoms with Gasteiger partial charge >= 0.3 is 5.97 Å². The van der Waals surface area contributed by atoms with Gasteiger partial charge in [0, 0.05) is 12.1 Å². The van der Waals surface area contributed by atoms with Crippen molar-refractivity contribution >= 4 is 29.1 Å². The van der Waals surface area contributed by atoms with Crippen molar-refractivity contribution in [1.29, 1.82) is 0 Å². The summed E-state index contributed by atoms with van der Waals surface area (Å²) in [7, 11) is 3.87. The van der Waals surface area contributed by atoms with E-state index in [0.717, 1.165) is 13.2 Å². The Morgan fingerprint density at radius 2 is 1.75 bits per heavy atom. The van der Waals surface area contributed by atoms with Gasteiger partial charge in [0.1, 0.15) is 17.3 Å². The van der Waals surface area contributed by atoms with Crippen LogP contribution < -0.4 is 9.47 Å². The predicted molar refractivity (Wildman–Crippen MR) is 72.2 cm³/mol. The Balaban J connectivity index is 3.25. The van der Waals surface area contributed by atoms with Gasteiger partial charge in [0.2, 0.25) is 0 Å². The van der Waals surface area contributed by atoms with E-state index < -0.39 is 17.5 Å². The van der Waals surface area contributed by atoms with Gasteiger partial charge in [-0.05, 0) is 6.07 Å². The summed E-state index contributed by atoms with van der Waals surface area (Å²) in [6, 6.07) is 2.81. The van der Waals surface area contributed by atoms with Crippen LogP contribution in [0.5, 0.6) is 11.5 Å². The third-order valence-corrected chi connectivity index (χ3v) is 2.70. The van der Waals surface area contributed by atoms with Crippen molar-refractivity contribution in [3.8, 4) is 11.5 Å². The summed E-state index contributed by atoms with van der Waals surface area (Å²) in [5.41, 5.74) is 0.149. The summed E-state index contributed by atoms with van der Waals surface area (Å²) in [4.78, 5) is 22.4. The van der Waals surface area contributed by atoms with E-state index in [1.54, 1.807) is 0 Å². The zero-order valence-electron chi connectivity index (χ0n) is 11.1. The minimum Gasteiger partial charge on any atom is -0.507 e. The monoisotopic (exact) mass is 300 g/mol. The van der Waals surface area contributed by atoms with E-state index in [2.05, 4.69) is 4.74 Å². The molecule has 0 unspecified atom stereocenters. The summed E-state index contributed by atoms with van der Waals surface area (Å²) in [6.07, 6.45) is 0.729. The van der Waals surface area contributed by atoms with Gasteiger partial charge in [0.25, 0.3) is 5.78 Å². The van der Waals surface area contributed by atoms with Gasteiger partial charge < -0.3 is 19.3 Å². The number of ether oxygens (including phenoxy) is 3. The molecule has 0 saturated carbocycles. The Morgan fingerprint density at radius 3 is 2.25 bits per heavy atom. The third-order valence-electron chi connectivity index (χ3n) is 2.40. The molecule has 0 spiro atoms. The van der Waals surface area contributed by atoms with E-state index in [1.807, 2.05) is 0 Å². The fraction of sp³-hybridized carbons (Fsp3) is 0.231. The number of hydrogen-bond donors (Lipinski definition) is 1. The standard InChI is InChI=1S/C13H13ClO6/c1-18-11-6-12(19-2)8(14)4-7(11)9(15)5-10(16)13(17)20-3/h4-6,15H,1-3H3/b9-5-. The Morgan fingerprint density at radius 1 is 1.15 bits per heavy atom. The normalized spacial score (nSPS) is 10.9. The minimum atomic E-state index is -1.09. The Kier molecular flexibility index (Phi) is 5.40. The van der Waals surface area contributed by atoms with Gasteiger partial charge in [-0.15, -0.1) is 0 Å². The third kappa shape index (κ3) is 3.42. The zero-order chi connectivity index (χ0) is 15.3. The Hall–Kier alpha value is -2.21. The molecule has 6 nitrogen and oxygen atoms in total. The first-order chi connectivity index (χ1) is 9.44. The largest absolute Gasteiger partial charge is 0.507 e. The lowest BCUT2D eigenvalue weighted by Crippen LogP contribution is -2.13. The molecule has 0 fully saturated rings. The lowest BCUT2D eigenvalue weighted by atomic mass is 10.1. The highest BCUT2D eigenvalue weighted by Crippen LogP contribution is 2.35. The van der Waals surface area contributed by atoms with Crippen LogP contribution in [0.3, 0.4) is 0 Å². The Labute approximate surface area is 120 Å². The molecular weight excluding hydrogens is 288 g/mol. The number of aliphatic hydroxyl groups excluding tert-OH is 1. The van der Waals surface area contributed by atoms with E-state index >= 15 is 0 Å². The number of halogens is 1. The molecule has 0 radical (unpaired) electrons. The summed E-state index contributed by atoms with van der Waals surface area (Å²) < 4.78 is 14.3. The van der Waals surface area contributed by atoms with Crippen molar-refractivity contribution in [2.45, 2.75) is 0 Å². The topological polar surface area (TPSA) is 82.1 Å². The minimum absolute atomic E-state index is 0.149. The highest BCUT2D eigenvalue weighted by atomic mass is 35.5. The van der Waals surface area contributed by atoms with Gasteiger partial charge in [-0.1, -0.05) is 11.6 Å². The van der Waals surface area contributed by atoms with Crippen LogP contribution in [0.2, 0.25) is 5.02 Å². The summed E-state index contributed by atoms with van der Waals surface area (Å²) in [5.74, 6) is -1.98. The van der Waals surface area contributed by atoms with Crippen molar-refractivity contribution < 1.29 is 28.9 Å². The van der Waals surface area contributed by atoms with Crippen LogP contribution in [-0.2, 0) is 14.3 Å². The van der Waals surface area contributed by atoms with Gasteiger partial charge in [-0.3, -0.25) is 4.79 Å². The maximum Gasteiger partial charge on any atom is 0.378 e. The second-order valence-electron chi connectivity index (χ2n) is 3.57. The molecule has 7 heteroatoms. The van der Waals surface area contributed by atoms with Crippen molar-refractivity contribution in [2.24, 2.45) is 0 Å². The molecular formula is C13H13ClO6. The molecule has 0 aliphatic carbocycles. The van der Waals surface area contributed by atoms with E-state index in [4.69, 9.17) is 21.1 Å². The van der Waals surface area contributed by atoms with Crippen LogP contribution in [0.1, 0.15) is 5.56 Å². The van der Waals surface area contributed by atoms with Crippen LogP contribution in [0, 0.1) is 0 Å². The maximum atomic E-state index is 11.4.